The Labute approximate surface area is 249 Å². The summed E-state index contributed by atoms with van der Waals surface area (Å²) in [6.45, 7) is 10.5. The molecule has 2 aromatic rings. The van der Waals surface area contributed by atoms with Crippen molar-refractivity contribution in [2.75, 3.05) is 45.9 Å². The van der Waals surface area contributed by atoms with Gasteiger partial charge in [0.1, 0.15) is 11.9 Å². The molecule has 2 saturated heterocycles. The molecule has 10 nitrogen and oxygen atoms in total. The van der Waals surface area contributed by atoms with E-state index in [1.165, 1.54) is 17.4 Å². The fraction of sp³-hybridized carbons (Fsp3) is 0.533. The van der Waals surface area contributed by atoms with Crippen molar-refractivity contribution < 1.29 is 28.6 Å². The minimum atomic E-state index is -0.859. The standard InChI is InChI=1S/C30H38FN5O5S/c1-5-40-28(37)24-21(15-36-12-13-41-23-16-35(11-9-22(23)36)17-30(3,4)29(38)39)33-26(27-32-10-14-42-27)34-25(24)19-7-6-8-20(31)18(19)2/h6-8,10,14,22-23,25H,5,9,11-13,15-17H2,1-4H3,(H,33,34)(H,38,39)/t22-,23+,25?/m0/s1. The fourth-order valence-electron chi connectivity index (χ4n) is 5.97. The molecule has 5 rings (SSSR count). The first kappa shape index (κ1) is 30.3. The van der Waals surface area contributed by atoms with Crippen molar-refractivity contribution in [3.8, 4) is 0 Å². The average Bonchev–Trinajstić information content (AvgIpc) is 3.49. The van der Waals surface area contributed by atoms with E-state index in [1.807, 2.05) is 5.38 Å². The molecule has 3 aliphatic heterocycles. The number of fused-ring (bicyclic) bond motifs is 1. The summed E-state index contributed by atoms with van der Waals surface area (Å²) < 4.78 is 26.5. The lowest BCUT2D eigenvalue weighted by atomic mass is 9.90. The second kappa shape index (κ2) is 12.6. The Morgan fingerprint density at radius 2 is 2.12 bits per heavy atom. The van der Waals surface area contributed by atoms with E-state index in [9.17, 15) is 19.1 Å². The summed E-state index contributed by atoms with van der Waals surface area (Å²) in [6.07, 6.45) is 2.39. The van der Waals surface area contributed by atoms with Gasteiger partial charge in [-0.15, -0.1) is 11.3 Å². The molecule has 0 radical (unpaired) electrons. The van der Waals surface area contributed by atoms with Crippen LogP contribution in [0.4, 0.5) is 4.39 Å². The topological polar surface area (TPSA) is 117 Å². The van der Waals surface area contributed by atoms with Crippen LogP contribution in [0.1, 0.15) is 49.4 Å². The lowest BCUT2D eigenvalue weighted by molar-refractivity contribution is -0.150. The number of carbonyl (C=O) groups is 2. The quantitative estimate of drug-likeness (QED) is 0.419. The third-order valence-electron chi connectivity index (χ3n) is 8.21. The van der Waals surface area contributed by atoms with E-state index < -0.39 is 23.4 Å². The molecule has 12 heteroatoms. The van der Waals surface area contributed by atoms with Gasteiger partial charge >= 0.3 is 11.9 Å². The maximum absolute atomic E-state index is 14.7. The molecule has 42 heavy (non-hydrogen) atoms. The number of benzene rings is 1. The lowest BCUT2D eigenvalue weighted by Gasteiger charge is -2.48. The van der Waals surface area contributed by atoms with Crippen LogP contribution in [0.3, 0.4) is 0 Å². The Kier molecular flexibility index (Phi) is 9.07. The van der Waals surface area contributed by atoms with Gasteiger partial charge in [0.25, 0.3) is 0 Å². The Morgan fingerprint density at radius 1 is 1.31 bits per heavy atom. The molecular formula is C30H38FN5O5S. The zero-order valence-electron chi connectivity index (χ0n) is 24.4. The number of amidine groups is 1. The molecule has 0 spiro atoms. The first-order chi connectivity index (χ1) is 20.1. The number of nitrogens with one attached hydrogen (secondary N) is 1. The first-order valence-corrected chi connectivity index (χ1v) is 15.2. The molecular weight excluding hydrogens is 561 g/mol. The van der Waals surface area contributed by atoms with Crippen LogP contribution < -0.4 is 5.32 Å². The third-order valence-corrected chi connectivity index (χ3v) is 8.99. The van der Waals surface area contributed by atoms with Gasteiger partial charge in [-0.2, -0.15) is 0 Å². The highest BCUT2D eigenvalue weighted by molar-refractivity contribution is 7.11. The van der Waals surface area contributed by atoms with Gasteiger partial charge in [0, 0.05) is 49.5 Å². The van der Waals surface area contributed by atoms with Crippen LogP contribution in [-0.4, -0.2) is 95.7 Å². The second-order valence-corrected chi connectivity index (χ2v) is 12.5. The molecule has 3 aliphatic rings. The van der Waals surface area contributed by atoms with E-state index in [1.54, 1.807) is 46.0 Å². The van der Waals surface area contributed by atoms with Gasteiger partial charge < -0.3 is 19.9 Å². The molecule has 0 amide bonds. The molecule has 226 valence electrons. The number of hydrogen-bond acceptors (Lipinski definition) is 10. The number of carboxylic acid groups (broad SMARTS) is 1. The van der Waals surface area contributed by atoms with Crippen LogP contribution in [0.15, 0.2) is 46.0 Å². The molecule has 1 unspecified atom stereocenters. The Bertz CT molecular complexity index is 1380. The van der Waals surface area contributed by atoms with E-state index >= 15 is 0 Å². The van der Waals surface area contributed by atoms with E-state index in [0.29, 0.717) is 66.0 Å². The predicted molar refractivity (Wildman–Crippen MR) is 157 cm³/mol. The number of nitrogens with zero attached hydrogens (tertiary/aromatic N) is 4. The van der Waals surface area contributed by atoms with Gasteiger partial charge in [0.2, 0.25) is 0 Å². The zero-order chi connectivity index (χ0) is 30.0. The third kappa shape index (κ3) is 6.26. The van der Waals surface area contributed by atoms with Crippen LogP contribution in [-0.2, 0) is 19.1 Å². The number of halogens is 1. The number of aliphatic carboxylic acids is 1. The summed E-state index contributed by atoms with van der Waals surface area (Å²) in [5, 5.41) is 15.5. The molecule has 0 aliphatic carbocycles. The zero-order valence-corrected chi connectivity index (χ0v) is 25.2. The number of carbonyl (C=O) groups excluding carboxylic acids is 1. The van der Waals surface area contributed by atoms with Gasteiger partial charge in [-0.25, -0.2) is 14.2 Å². The van der Waals surface area contributed by atoms with Crippen molar-refractivity contribution in [1.29, 1.82) is 0 Å². The lowest BCUT2D eigenvalue weighted by Crippen LogP contribution is -2.61. The number of morpholine rings is 1. The average molecular weight is 600 g/mol. The van der Waals surface area contributed by atoms with Crippen LogP contribution in [0.2, 0.25) is 0 Å². The van der Waals surface area contributed by atoms with Crippen molar-refractivity contribution in [2.24, 2.45) is 10.4 Å². The molecule has 0 saturated carbocycles. The van der Waals surface area contributed by atoms with E-state index in [-0.39, 0.29) is 24.6 Å². The van der Waals surface area contributed by atoms with Crippen LogP contribution in [0, 0.1) is 18.2 Å². The number of esters is 1. The highest BCUT2D eigenvalue weighted by Gasteiger charge is 2.41. The van der Waals surface area contributed by atoms with Crippen molar-refractivity contribution in [3.63, 3.8) is 0 Å². The predicted octanol–water partition coefficient (Wildman–Crippen LogP) is 3.38. The Hall–Kier alpha value is -3.19. The number of carboxylic acids is 1. The van der Waals surface area contributed by atoms with Gasteiger partial charge in [0.15, 0.2) is 10.8 Å². The van der Waals surface area contributed by atoms with Crippen molar-refractivity contribution >= 4 is 29.1 Å². The molecule has 2 N–H and O–H groups in total. The van der Waals surface area contributed by atoms with Gasteiger partial charge in [-0.3, -0.25) is 19.6 Å². The molecule has 1 aromatic heterocycles. The summed E-state index contributed by atoms with van der Waals surface area (Å²) in [5.74, 6) is -1.16. The van der Waals surface area contributed by atoms with Crippen molar-refractivity contribution in [2.45, 2.75) is 52.3 Å². The largest absolute Gasteiger partial charge is 0.481 e. The second-order valence-electron chi connectivity index (χ2n) is 11.6. The summed E-state index contributed by atoms with van der Waals surface area (Å²) in [7, 11) is 0. The smallest absolute Gasteiger partial charge is 0.338 e. The summed E-state index contributed by atoms with van der Waals surface area (Å²) in [6, 6.07) is 4.14. The van der Waals surface area contributed by atoms with Crippen molar-refractivity contribution in [3.05, 3.63) is 63.0 Å². The van der Waals surface area contributed by atoms with Crippen molar-refractivity contribution in [1.82, 2.24) is 20.1 Å². The normalized spacial score (nSPS) is 23.6. The molecule has 3 atom stereocenters. The van der Waals surface area contributed by atoms with Crippen LogP contribution >= 0.6 is 11.3 Å². The highest BCUT2D eigenvalue weighted by atomic mass is 32.1. The van der Waals surface area contributed by atoms with Gasteiger partial charge in [-0.1, -0.05) is 12.1 Å². The Morgan fingerprint density at radius 3 is 2.83 bits per heavy atom. The maximum atomic E-state index is 14.7. The fourth-order valence-corrected chi connectivity index (χ4v) is 6.56. The summed E-state index contributed by atoms with van der Waals surface area (Å²) in [4.78, 5) is 39.1. The number of aromatic nitrogens is 1. The monoisotopic (exact) mass is 599 g/mol. The number of ether oxygens (including phenoxy) is 2. The number of aliphatic imine (C=N–C) groups is 1. The number of rotatable bonds is 9. The van der Waals surface area contributed by atoms with E-state index in [2.05, 4.69) is 20.1 Å². The highest BCUT2D eigenvalue weighted by Crippen LogP contribution is 2.36. The van der Waals surface area contributed by atoms with Crippen LogP contribution in [0.5, 0.6) is 0 Å². The number of thiazole rings is 1. The maximum Gasteiger partial charge on any atom is 0.338 e. The van der Waals surface area contributed by atoms with Gasteiger partial charge in [-0.05, 0) is 57.9 Å². The summed E-state index contributed by atoms with van der Waals surface area (Å²) >= 11 is 1.43. The molecule has 4 heterocycles. The number of hydrogen-bond donors (Lipinski definition) is 2. The molecule has 1 aromatic carbocycles. The Balaban J connectivity index is 1.47. The van der Waals surface area contributed by atoms with E-state index in [4.69, 9.17) is 14.5 Å². The van der Waals surface area contributed by atoms with E-state index in [0.717, 1.165) is 13.0 Å². The number of piperidine rings is 1. The first-order valence-electron chi connectivity index (χ1n) is 14.3. The number of likely N-dealkylation sites (tertiary alicyclic amines) is 1. The SMILES string of the molecule is CCOC(=O)C1=C(CN2CCO[C@@H]3CN(CC(C)(C)C(=O)O)CC[C@@H]32)NC(c2nccs2)=NC1c1cccc(F)c1C. The van der Waals surface area contributed by atoms with Gasteiger partial charge in [0.05, 0.1) is 30.3 Å². The molecule has 2 fully saturated rings. The minimum absolute atomic E-state index is 0.0808. The molecule has 0 bridgehead atoms. The van der Waals surface area contributed by atoms with Crippen LogP contribution in [0.25, 0.3) is 0 Å². The summed E-state index contributed by atoms with van der Waals surface area (Å²) in [5.41, 5.74) is 1.17. The minimum Gasteiger partial charge on any atom is -0.481 e.